The lowest BCUT2D eigenvalue weighted by Crippen LogP contribution is -2.10. The van der Waals surface area contributed by atoms with E-state index < -0.39 is 0 Å². The number of fused-ring (bicyclic) bond motifs is 2. The van der Waals surface area contributed by atoms with Crippen molar-refractivity contribution in [2.24, 2.45) is 0 Å². The Bertz CT molecular complexity index is 1120. The second-order valence-electron chi connectivity index (χ2n) is 6.81. The molecule has 0 bridgehead atoms. The first-order valence-electron chi connectivity index (χ1n) is 9.22. The number of aryl methyl sites for hydroxylation is 1. The molecule has 4 aromatic rings. The number of hydrogen-bond acceptors (Lipinski definition) is 3. The van der Waals surface area contributed by atoms with Crippen LogP contribution in [0.3, 0.4) is 0 Å². The minimum absolute atomic E-state index is 0.222. The van der Waals surface area contributed by atoms with Gasteiger partial charge >= 0.3 is 5.63 Å². The molecule has 0 unspecified atom stereocenters. The second kappa shape index (κ2) is 6.83. The Morgan fingerprint density at radius 1 is 0.962 bits per heavy atom. The van der Waals surface area contributed by atoms with E-state index in [0.29, 0.717) is 5.58 Å². The molecule has 2 heterocycles. The highest BCUT2D eigenvalue weighted by molar-refractivity contribution is 6.02. The van der Waals surface area contributed by atoms with E-state index in [1.807, 2.05) is 31.2 Å². The minimum Gasteiger partial charge on any atom is -0.464 e. The molecule has 0 aliphatic carbocycles. The molecule has 0 saturated heterocycles. The molecule has 26 heavy (non-hydrogen) atoms. The van der Waals surface area contributed by atoms with Gasteiger partial charge in [0.1, 0.15) is 11.2 Å². The molecule has 132 valence electrons. The molecule has 0 saturated carbocycles. The van der Waals surface area contributed by atoms with Gasteiger partial charge in [-0.2, -0.15) is 0 Å². The molecule has 0 N–H and O–H groups in total. The van der Waals surface area contributed by atoms with E-state index in [1.165, 1.54) is 0 Å². The van der Waals surface area contributed by atoms with Crippen molar-refractivity contribution in [2.45, 2.75) is 39.5 Å². The molecule has 3 heteroatoms. The zero-order chi connectivity index (χ0) is 18.1. The monoisotopic (exact) mass is 346 g/mol. The number of benzene rings is 2. The van der Waals surface area contributed by atoms with Crippen molar-refractivity contribution in [3.8, 4) is 11.1 Å². The second-order valence-corrected chi connectivity index (χ2v) is 6.81. The minimum atomic E-state index is -0.222. The van der Waals surface area contributed by atoms with E-state index in [-0.39, 0.29) is 5.63 Å². The molecule has 0 aliphatic rings. The van der Waals surface area contributed by atoms with Crippen molar-refractivity contribution in [3.63, 3.8) is 0 Å². The predicted octanol–water partition coefficient (Wildman–Crippen LogP) is 6.25. The quantitative estimate of drug-likeness (QED) is 0.317. The summed E-state index contributed by atoms with van der Waals surface area (Å²) < 4.78 is 11.4. The molecule has 4 rings (SSSR count). The molecule has 2 aromatic carbocycles. The standard InChI is InChI=1S/C23H22O3/c1-3-4-6-11-17-15(2)18-12-19-20(16-9-7-5-8-10-16)14-25-21(19)13-22(18)26-23(17)24/h5,7-10,12-14H,3-4,6,11H2,1-2H3. The van der Waals surface area contributed by atoms with E-state index in [2.05, 4.69) is 25.1 Å². The van der Waals surface area contributed by atoms with Gasteiger partial charge in [-0.25, -0.2) is 4.79 Å². The third-order valence-electron chi connectivity index (χ3n) is 5.10. The van der Waals surface area contributed by atoms with Crippen LogP contribution in [0.1, 0.15) is 37.3 Å². The van der Waals surface area contributed by atoms with Crippen LogP contribution < -0.4 is 5.63 Å². The van der Waals surface area contributed by atoms with Crippen LogP contribution in [0.4, 0.5) is 0 Å². The maximum absolute atomic E-state index is 12.4. The first-order valence-corrected chi connectivity index (χ1v) is 9.22. The number of hydrogen-bond donors (Lipinski definition) is 0. The Labute approximate surface area is 152 Å². The van der Waals surface area contributed by atoms with Crippen molar-refractivity contribution >= 4 is 21.9 Å². The average Bonchev–Trinajstić information content (AvgIpc) is 3.07. The van der Waals surface area contributed by atoms with E-state index >= 15 is 0 Å². The van der Waals surface area contributed by atoms with E-state index in [1.54, 1.807) is 6.26 Å². The molecule has 2 aromatic heterocycles. The van der Waals surface area contributed by atoms with Crippen LogP contribution in [0.5, 0.6) is 0 Å². The van der Waals surface area contributed by atoms with Gasteiger partial charge in [-0.3, -0.25) is 0 Å². The van der Waals surface area contributed by atoms with Gasteiger partial charge in [0, 0.05) is 28.0 Å². The van der Waals surface area contributed by atoms with E-state index in [0.717, 1.165) is 64.3 Å². The van der Waals surface area contributed by atoms with Crippen molar-refractivity contribution in [1.29, 1.82) is 0 Å². The van der Waals surface area contributed by atoms with Gasteiger partial charge < -0.3 is 8.83 Å². The normalized spacial score (nSPS) is 11.5. The number of furan rings is 1. The van der Waals surface area contributed by atoms with Gasteiger partial charge in [-0.1, -0.05) is 50.1 Å². The zero-order valence-corrected chi connectivity index (χ0v) is 15.2. The van der Waals surface area contributed by atoms with Crippen LogP contribution >= 0.6 is 0 Å². The lowest BCUT2D eigenvalue weighted by molar-refractivity contribution is 0.543. The van der Waals surface area contributed by atoms with Gasteiger partial charge in [-0.15, -0.1) is 0 Å². The van der Waals surface area contributed by atoms with Crippen LogP contribution in [0.2, 0.25) is 0 Å². The number of rotatable bonds is 5. The Morgan fingerprint density at radius 3 is 2.54 bits per heavy atom. The highest BCUT2D eigenvalue weighted by atomic mass is 16.4. The van der Waals surface area contributed by atoms with Crippen molar-refractivity contribution in [3.05, 3.63) is 70.3 Å². The topological polar surface area (TPSA) is 43.4 Å². The lowest BCUT2D eigenvalue weighted by Gasteiger charge is -2.08. The van der Waals surface area contributed by atoms with E-state index in [9.17, 15) is 4.79 Å². The van der Waals surface area contributed by atoms with Gasteiger partial charge in [-0.05, 0) is 37.0 Å². The summed E-state index contributed by atoms with van der Waals surface area (Å²) >= 11 is 0. The van der Waals surface area contributed by atoms with Gasteiger partial charge in [0.25, 0.3) is 0 Å². The van der Waals surface area contributed by atoms with Crippen LogP contribution in [0.25, 0.3) is 33.1 Å². The van der Waals surface area contributed by atoms with Crippen molar-refractivity contribution in [2.75, 3.05) is 0 Å². The first kappa shape index (κ1) is 16.6. The Morgan fingerprint density at radius 2 is 1.77 bits per heavy atom. The van der Waals surface area contributed by atoms with Crippen LogP contribution in [-0.4, -0.2) is 0 Å². The average molecular weight is 346 g/mol. The Balaban J connectivity index is 1.90. The Kier molecular flexibility index (Phi) is 4.37. The summed E-state index contributed by atoms with van der Waals surface area (Å²) in [6.45, 7) is 4.19. The molecule has 3 nitrogen and oxygen atoms in total. The maximum atomic E-state index is 12.4. The molecule has 0 atom stereocenters. The fourth-order valence-electron chi connectivity index (χ4n) is 3.59. The summed E-state index contributed by atoms with van der Waals surface area (Å²) in [5.41, 5.74) is 5.10. The van der Waals surface area contributed by atoms with Crippen LogP contribution in [0.15, 0.2) is 62.4 Å². The molecular weight excluding hydrogens is 324 g/mol. The third kappa shape index (κ3) is 2.84. The van der Waals surface area contributed by atoms with Gasteiger partial charge in [0.15, 0.2) is 0 Å². The smallest absolute Gasteiger partial charge is 0.339 e. The highest BCUT2D eigenvalue weighted by Crippen LogP contribution is 2.34. The first-order chi connectivity index (χ1) is 12.7. The summed E-state index contributed by atoms with van der Waals surface area (Å²) in [5.74, 6) is 0. The van der Waals surface area contributed by atoms with Gasteiger partial charge in [0.05, 0.1) is 6.26 Å². The van der Waals surface area contributed by atoms with Gasteiger partial charge in [0.2, 0.25) is 0 Å². The molecule has 0 amide bonds. The molecule has 0 aliphatic heterocycles. The third-order valence-corrected chi connectivity index (χ3v) is 5.10. The number of unbranched alkanes of at least 4 members (excludes halogenated alkanes) is 2. The fourth-order valence-corrected chi connectivity index (χ4v) is 3.59. The van der Waals surface area contributed by atoms with Crippen molar-refractivity contribution in [1.82, 2.24) is 0 Å². The fraction of sp³-hybridized carbons (Fsp3) is 0.261. The summed E-state index contributed by atoms with van der Waals surface area (Å²) in [7, 11) is 0. The van der Waals surface area contributed by atoms with Crippen LogP contribution in [-0.2, 0) is 6.42 Å². The van der Waals surface area contributed by atoms with Crippen molar-refractivity contribution < 1.29 is 8.83 Å². The molecule has 0 fully saturated rings. The van der Waals surface area contributed by atoms with Crippen LogP contribution in [0, 0.1) is 6.92 Å². The highest BCUT2D eigenvalue weighted by Gasteiger charge is 2.15. The summed E-state index contributed by atoms with van der Waals surface area (Å²) in [5, 5.41) is 2.03. The molecular formula is C23H22O3. The summed E-state index contributed by atoms with van der Waals surface area (Å²) in [6.07, 6.45) is 5.81. The SMILES string of the molecule is CCCCCc1c(C)c2cc3c(-c4ccccc4)coc3cc2oc1=O. The largest absolute Gasteiger partial charge is 0.464 e. The maximum Gasteiger partial charge on any atom is 0.339 e. The van der Waals surface area contributed by atoms with E-state index in [4.69, 9.17) is 8.83 Å². The Hall–Kier alpha value is -2.81. The predicted molar refractivity (Wildman–Crippen MR) is 106 cm³/mol. The summed E-state index contributed by atoms with van der Waals surface area (Å²) in [6, 6.07) is 14.1. The zero-order valence-electron chi connectivity index (χ0n) is 15.2. The molecule has 0 radical (unpaired) electrons. The summed E-state index contributed by atoms with van der Waals surface area (Å²) in [4.78, 5) is 12.4. The lowest BCUT2D eigenvalue weighted by atomic mass is 9.98. The molecule has 0 spiro atoms.